The maximum atomic E-state index is 15.2. The van der Waals surface area contributed by atoms with Crippen LogP contribution in [-0.2, 0) is 15.9 Å². The molecule has 3 N–H and O–H groups in total. The van der Waals surface area contributed by atoms with Crippen molar-refractivity contribution in [1.29, 1.82) is 0 Å². The summed E-state index contributed by atoms with van der Waals surface area (Å²) in [5, 5.41) is 33.1. The molecule has 0 bridgehead atoms. The number of benzene rings is 1. The molecule has 10 heteroatoms. The summed E-state index contributed by atoms with van der Waals surface area (Å²) >= 11 is 0. The van der Waals surface area contributed by atoms with E-state index in [0.29, 0.717) is 45.3 Å². The molecule has 4 fully saturated rings. The number of allylic oxidation sites excluding steroid dienone is 1. The molecule has 1 aromatic rings. The van der Waals surface area contributed by atoms with Gasteiger partial charge in [0.25, 0.3) is 0 Å². The van der Waals surface area contributed by atoms with Crippen molar-refractivity contribution in [3.63, 3.8) is 0 Å². The fourth-order valence-corrected chi connectivity index (χ4v) is 9.35. The molecule has 1 heterocycles. The van der Waals surface area contributed by atoms with E-state index in [1.165, 1.54) is 6.92 Å². The summed E-state index contributed by atoms with van der Waals surface area (Å²) in [6.07, 6.45) is -4.22. The van der Waals surface area contributed by atoms with Gasteiger partial charge in [-0.05, 0) is 73.5 Å². The first-order chi connectivity index (χ1) is 19.9. The molecule has 1 aliphatic heterocycles. The van der Waals surface area contributed by atoms with Crippen molar-refractivity contribution in [3.8, 4) is 0 Å². The molecule has 6 rings (SSSR count). The summed E-state index contributed by atoms with van der Waals surface area (Å²) in [5.41, 5.74) is -3.00. The van der Waals surface area contributed by atoms with Gasteiger partial charge in [0.1, 0.15) is 5.60 Å². The number of alkyl halides is 5. The number of aliphatic hydroxyl groups is 3. The standard InChI is InChI=1S/C33H43F5O5/c1-27(2)18-42-30(43-19-27)13-9-25-26-22(8-12-29(25,40)17-30)24-10-14-31(41,32(34,35)33(36,37)38)28(24,3)16-23(26)21-6-4-20(5-7-21)11-15-39/h4-7,22-24,39-41H,8-19H2,1-3H3/t22?,23-,24?,28+,29?,31+/m1/s1. The van der Waals surface area contributed by atoms with E-state index in [1.54, 1.807) is 0 Å². The van der Waals surface area contributed by atoms with Crippen LogP contribution >= 0.6 is 0 Å². The quantitative estimate of drug-likeness (QED) is 0.269. The van der Waals surface area contributed by atoms with Crippen LogP contribution in [0.1, 0.15) is 89.2 Å². The predicted octanol–water partition coefficient (Wildman–Crippen LogP) is 6.44. The van der Waals surface area contributed by atoms with E-state index in [2.05, 4.69) is 13.8 Å². The van der Waals surface area contributed by atoms with E-state index in [1.807, 2.05) is 24.3 Å². The number of hydrogen-bond donors (Lipinski definition) is 3. The van der Waals surface area contributed by atoms with E-state index in [-0.39, 0.29) is 37.2 Å². The van der Waals surface area contributed by atoms with Crippen molar-refractivity contribution in [1.82, 2.24) is 0 Å². The normalized spacial score (nSPS) is 38.9. The molecule has 5 nitrogen and oxygen atoms in total. The van der Waals surface area contributed by atoms with Crippen molar-refractivity contribution in [3.05, 3.63) is 46.5 Å². The lowest BCUT2D eigenvalue weighted by Crippen LogP contribution is -2.65. The molecule has 0 amide bonds. The van der Waals surface area contributed by atoms with E-state index in [4.69, 9.17) is 9.47 Å². The average molecular weight is 615 g/mol. The number of aliphatic hydroxyl groups excluding tert-OH is 1. The number of rotatable bonds is 4. The van der Waals surface area contributed by atoms with Crippen LogP contribution in [0.15, 0.2) is 35.4 Å². The number of ether oxygens (including phenoxy) is 2. The maximum Gasteiger partial charge on any atom is 0.456 e. The van der Waals surface area contributed by atoms with Gasteiger partial charge in [-0.25, -0.2) is 0 Å². The van der Waals surface area contributed by atoms with Crippen LogP contribution in [0.3, 0.4) is 0 Å². The smallest absolute Gasteiger partial charge is 0.396 e. The minimum Gasteiger partial charge on any atom is -0.396 e. The highest BCUT2D eigenvalue weighted by Crippen LogP contribution is 2.71. The molecule has 4 aliphatic carbocycles. The van der Waals surface area contributed by atoms with Gasteiger partial charge in [-0.1, -0.05) is 50.6 Å². The molecule has 5 aliphatic rings. The second kappa shape index (κ2) is 9.95. The van der Waals surface area contributed by atoms with Gasteiger partial charge in [0.2, 0.25) is 0 Å². The largest absolute Gasteiger partial charge is 0.456 e. The Bertz CT molecular complexity index is 1270. The minimum absolute atomic E-state index is 0.0461. The monoisotopic (exact) mass is 614 g/mol. The van der Waals surface area contributed by atoms with E-state index >= 15 is 8.78 Å². The van der Waals surface area contributed by atoms with Crippen molar-refractivity contribution < 1.29 is 46.7 Å². The Morgan fingerprint density at radius 1 is 0.907 bits per heavy atom. The Hall–Kier alpha value is -1.59. The minimum atomic E-state index is -5.89. The third-order valence-electron chi connectivity index (χ3n) is 11.7. The highest BCUT2D eigenvalue weighted by atomic mass is 19.4. The van der Waals surface area contributed by atoms with Gasteiger partial charge < -0.3 is 24.8 Å². The van der Waals surface area contributed by atoms with Crippen molar-refractivity contribution in [2.45, 2.75) is 114 Å². The van der Waals surface area contributed by atoms with Crippen LogP contribution in [-0.4, -0.2) is 64.2 Å². The highest BCUT2D eigenvalue weighted by Gasteiger charge is 2.79. The Labute approximate surface area is 249 Å². The molecule has 0 aromatic heterocycles. The van der Waals surface area contributed by atoms with Crippen LogP contribution in [0.25, 0.3) is 0 Å². The summed E-state index contributed by atoms with van der Waals surface area (Å²) < 4.78 is 84.5. The van der Waals surface area contributed by atoms with Crippen LogP contribution < -0.4 is 0 Å². The molecule has 240 valence electrons. The first kappa shape index (κ1) is 31.4. The topological polar surface area (TPSA) is 79.2 Å². The van der Waals surface area contributed by atoms with Crippen molar-refractivity contribution in [2.24, 2.45) is 22.7 Å². The zero-order chi connectivity index (χ0) is 31.3. The second-order valence-corrected chi connectivity index (χ2v) is 14.9. The van der Waals surface area contributed by atoms with Crippen LogP contribution in [0.4, 0.5) is 22.0 Å². The van der Waals surface area contributed by atoms with Gasteiger partial charge >= 0.3 is 12.1 Å². The van der Waals surface area contributed by atoms with Crippen LogP contribution in [0, 0.1) is 22.7 Å². The molecule has 3 saturated carbocycles. The summed E-state index contributed by atoms with van der Waals surface area (Å²) in [7, 11) is 0. The first-order valence-corrected chi connectivity index (χ1v) is 15.5. The molecule has 6 atom stereocenters. The fourth-order valence-electron chi connectivity index (χ4n) is 9.35. The number of halogens is 5. The van der Waals surface area contributed by atoms with Crippen molar-refractivity contribution >= 4 is 0 Å². The molecular weight excluding hydrogens is 571 g/mol. The summed E-state index contributed by atoms with van der Waals surface area (Å²) in [6, 6.07) is 7.35. The molecular formula is C33H43F5O5. The second-order valence-electron chi connectivity index (χ2n) is 14.9. The SMILES string of the molecule is CC1(C)COC2(CCC3=C4C(CCC3(O)C2)C2CC[C@@](O)(C(F)(F)C(F)(F)F)[C@@]2(C)C[C@@H]4c2ccc(CCO)cc2)OC1. The number of hydrogen-bond acceptors (Lipinski definition) is 5. The van der Waals surface area contributed by atoms with Gasteiger partial charge in [-0.3, -0.25) is 0 Å². The van der Waals surface area contributed by atoms with Gasteiger partial charge in [0.05, 0.1) is 18.8 Å². The highest BCUT2D eigenvalue weighted by molar-refractivity contribution is 5.44. The molecule has 3 unspecified atom stereocenters. The summed E-state index contributed by atoms with van der Waals surface area (Å²) in [4.78, 5) is 0. The third-order valence-corrected chi connectivity index (χ3v) is 11.7. The Morgan fingerprint density at radius 2 is 1.56 bits per heavy atom. The number of fused-ring (bicyclic) bond motifs is 4. The van der Waals surface area contributed by atoms with E-state index in [9.17, 15) is 28.5 Å². The molecule has 1 spiro atoms. The lowest BCUT2D eigenvalue weighted by atomic mass is 9.49. The molecule has 0 radical (unpaired) electrons. The Morgan fingerprint density at radius 3 is 2.16 bits per heavy atom. The average Bonchev–Trinajstić information content (AvgIpc) is 3.21. The first-order valence-electron chi connectivity index (χ1n) is 15.5. The summed E-state index contributed by atoms with van der Waals surface area (Å²) in [5.74, 6) is -7.71. The lowest BCUT2D eigenvalue weighted by Gasteiger charge is -2.59. The lowest BCUT2D eigenvalue weighted by molar-refractivity contribution is -0.362. The maximum absolute atomic E-state index is 15.2. The van der Waals surface area contributed by atoms with Gasteiger partial charge in [0.15, 0.2) is 5.79 Å². The van der Waals surface area contributed by atoms with Crippen LogP contribution in [0.2, 0.25) is 0 Å². The van der Waals surface area contributed by atoms with Crippen LogP contribution in [0.5, 0.6) is 0 Å². The summed E-state index contributed by atoms with van der Waals surface area (Å²) in [6.45, 7) is 6.46. The Balaban J connectivity index is 1.45. The molecule has 1 aromatic carbocycles. The Kier molecular flexibility index (Phi) is 7.27. The predicted molar refractivity (Wildman–Crippen MR) is 148 cm³/mol. The van der Waals surface area contributed by atoms with Gasteiger partial charge in [0, 0.05) is 36.2 Å². The van der Waals surface area contributed by atoms with Gasteiger partial charge in [-0.2, -0.15) is 22.0 Å². The van der Waals surface area contributed by atoms with Crippen molar-refractivity contribution in [2.75, 3.05) is 19.8 Å². The van der Waals surface area contributed by atoms with E-state index < -0.39 is 52.8 Å². The molecule has 43 heavy (non-hydrogen) atoms. The third kappa shape index (κ3) is 4.64. The van der Waals surface area contributed by atoms with E-state index in [0.717, 1.165) is 22.3 Å². The molecule has 1 saturated heterocycles. The zero-order valence-corrected chi connectivity index (χ0v) is 25.1. The van der Waals surface area contributed by atoms with Gasteiger partial charge in [-0.15, -0.1) is 0 Å². The fraction of sp³-hybridized carbons (Fsp3) is 0.758. The zero-order valence-electron chi connectivity index (χ0n) is 25.1.